The van der Waals surface area contributed by atoms with Gasteiger partial charge in [0.2, 0.25) is 11.8 Å². The molecule has 0 bridgehead atoms. The van der Waals surface area contributed by atoms with Crippen molar-refractivity contribution < 1.29 is 22.8 Å². The summed E-state index contributed by atoms with van der Waals surface area (Å²) in [4.78, 5) is 27.9. The van der Waals surface area contributed by atoms with Crippen LogP contribution in [0.5, 0.6) is 0 Å². The lowest BCUT2D eigenvalue weighted by Crippen LogP contribution is -2.53. The van der Waals surface area contributed by atoms with Crippen molar-refractivity contribution in [3.05, 3.63) is 70.5 Å². The Bertz CT molecular complexity index is 1110. The first kappa shape index (κ1) is 26.2. The molecule has 186 valence electrons. The topological polar surface area (TPSA) is 85.2 Å². The Morgan fingerprint density at radius 3 is 2.31 bits per heavy atom. The van der Waals surface area contributed by atoms with E-state index in [0.29, 0.717) is 11.1 Å². The first-order valence-electron chi connectivity index (χ1n) is 11.6. The number of carbonyl (C=O) groups excluding carboxylic acids is 2. The Kier molecular flexibility index (Phi) is 8.88. The number of carbonyl (C=O) groups is 2. The maximum Gasteiger partial charge on any atom is 0.243 e. The van der Waals surface area contributed by atoms with Crippen LogP contribution in [-0.2, 0) is 22.6 Å². The minimum absolute atomic E-state index is 0.0359. The fourth-order valence-corrected chi connectivity index (χ4v) is 4.38. The number of rotatable bonds is 8. The highest BCUT2D eigenvalue weighted by Crippen LogP contribution is 2.22. The normalized spacial score (nSPS) is 19.0. The van der Waals surface area contributed by atoms with E-state index in [-0.39, 0.29) is 43.1 Å². The van der Waals surface area contributed by atoms with Crippen LogP contribution in [-0.4, -0.2) is 41.4 Å². The molecule has 1 saturated heterocycles. The van der Waals surface area contributed by atoms with E-state index in [0.717, 1.165) is 37.5 Å². The summed E-state index contributed by atoms with van der Waals surface area (Å²) in [5, 5.41) is 14.2. The third-order valence-electron chi connectivity index (χ3n) is 6.40. The number of nitriles is 1. The molecule has 2 N–H and O–H groups in total. The molecule has 1 aliphatic rings. The van der Waals surface area contributed by atoms with Gasteiger partial charge in [0, 0.05) is 25.0 Å². The van der Waals surface area contributed by atoms with Gasteiger partial charge in [-0.05, 0) is 62.1 Å². The fourth-order valence-electron chi connectivity index (χ4n) is 4.38. The third kappa shape index (κ3) is 7.06. The lowest BCUT2D eigenvalue weighted by atomic mass is 9.97. The molecule has 2 aromatic carbocycles. The Morgan fingerprint density at radius 1 is 1.03 bits per heavy atom. The van der Waals surface area contributed by atoms with Crippen LogP contribution in [0.25, 0.3) is 0 Å². The number of likely N-dealkylation sites (tertiary alicyclic amines) is 1. The van der Waals surface area contributed by atoms with E-state index in [1.807, 2.05) is 0 Å². The maximum atomic E-state index is 13.9. The van der Waals surface area contributed by atoms with E-state index < -0.39 is 29.4 Å². The van der Waals surface area contributed by atoms with E-state index in [1.54, 1.807) is 6.07 Å². The number of hydrogen-bond acceptors (Lipinski definition) is 4. The second-order valence-electron chi connectivity index (χ2n) is 9.02. The minimum atomic E-state index is -1.05. The van der Waals surface area contributed by atoms with Gasteiger partial charge in [-0.15, -0.1) is 0 Å². The largest absolute Gasteiger partial charge is 0.350 e. The summed E-state index contributed by atoms with van der Waals surface area (Å²) in [6.45, 7) is 4.20. The summed E-state index contributed by atoms with van der Waals surface area (Å²) in [7, 11) is 0. The van der Waals surface area contributed by atoms with Crippen molar-refractivity contribution in [2.24, 2.45) is 0 Å². The monoisotopic (exact) mass is 486 g/mol. The van der Waals surface area contributed by atoms with Gasteiger partial charge in [0.25, 0.3) is 0 Å². The Balaban J connectivity index is 1.71. The SMILES string of the molecule is CC1CCCC(C)N1CC(=O)NC(Cc1ccc(F)c(F)c1)C(=O)NCc1ccc(C#N)c(F)c1. The summed E-state index contributed by atoms with van der Waals surface area (Å²) in [6.07, 6.45) is 3.01. The number of halogens is 3. The Hall–Kier alpha value is -3.38. The van der Waals surface area contributed by atoms with Crippen LogP contribution in [0.2, 0.25) is 0 Å². The molecule has 9 heteroatoms. The van der Waals surface area contributed by atoms with Gasteiger partial charge in [0.1, 0.15) is 17.9 Å². The van der Waals surface area contributed by atoms with E-state index in [9.17, 15) is 22.8 Å². The van der Waals surface area contributed by atoms with Crippen molar-refractivity contribution in [3.8, 4) is 6.07 Å². The van der Waals surface area contributed by atoms with Crippen LogP contribution < -0.4 is 10.6 Å². The molecule has 0 radical (unpaired) electrons. The second kappa shape index (κ2) is 11.8. The lowest BCUT2D eigenvalue weighted by molar-refractivity contribution is -0.130. The standard InChI is InChI=1S/C26H29F3N4O2/c1-16-4-3-5-17(2)33(16)15-25(34)32-24(12-18-7-9-21(27)23(29)10-18)26(35)31-14-19-6-8-20(13-30)22(28)11-19/h6-11,16-17,24H,3-5,12,14-15H2,1-2H3,(H,31,35)(H,32,34). The zero-order valence-corrected chi connectivity index (χ0v) is 19.8. The van der Waals surface area contributed by atoms with Crippen molar-refractivity contribution in [1.82, 2.24) is 15.5 Å². The Morgan fingerprint density at radius 2 is 1.69 bits per heavy atom. The number of nitrogens with one attached hydrogen (secondary N) is 2. The summed E-state index contributed by atoms with van der Waals surface area (Å²) in [5.41, 5.74) is 0.668. The summed E-state index contributed by atoms with van der Waals surface area (Å²) in [5.74, 6) is -3.65. The third-order valence-corrected chi connectivity index (χ3v) is 6.40. The molecule has 2 aromatic rings. The van der Waals surface area contributed by atoms with Gasteiger partial charge >= 0.3 is 0 Å². The van der Waals surface area contributed by atoms with E-state index in [4.69, 9.17) is 5.26 Å². The average Bonchev–Trinajstić information content (AvgIpc) is 2.82. The number of benzene rings is 2. The second-order valence-corrected chi connectivity index (χ2v) is 9.02. The highest BCUT2D eigenvalue weighted by molar-refractivity contribution is 5.88. The molecule has 0 saturated carbocycles. The van der Waals surface area contributed by atoms with Gasteiger partial charge in [-0.2, -0.15) is 5.26 Å². The predicted molar refractivity (Wildman–Crippen MR) is 124 cm³/mol. The zero-order valence-electron chi connectivity index (χ0n) is 19.8. The van der Waals surface area contributed by atoms with Gasteiger partial charge in [-0.3, -0.25) is 14.5 Å². The van der Waals surface area contributed by atoms with Gasteiger partial charge in [0.05, 0.1) is 12.1 Å². The van der Waals surface area contributed by atoms with E-state index in [2.05, 4.69) is 29.4 Å². The van der Waals surface area contributed by atoms with Crippen LogP contribution in [0.4, 0.5) is 13.2 Å². The quantitative estimate of drug-likeness (QED) is 0.597. The molecule has 0 aliphatic carbocycles. The lowest BCUT2D eigenvalue weighted by Gasteiger charge is -2.38. The fraction of sp³-hybridized carbons (Fsp3) is 0.423. The van der Waals surface area contributed by atoms with Crippen LogP contribution in [0.1, 0.15) is 49.8 Å². The number of hydrogen-bond donors (Lipinski definition) is 2. The molecule has 35 heavy (non-hydrogen) atoms. The van der Waals surface area contributed by atoms with Gasteiger partial charge < -0.3 is 10.6 Å². The van der Waals surface area contributed by atoms with E-state index >= 15 is 0 Å². The molecule has 6 nitrogen and oxygen atoms in total. The molecule has 3 rings (SSSR count). The van der Waals surface area contributed by atoms with Crippen molar-refractivity contribution in [2.75, 3.05) is 6.54 Å². The summed E-state index contributed by atoms with van der Waals surface area (Å²) < 4.78 is 41.0. The average molecular weight is 487 g/mol. The molecular formula is C26H29F3N4O2. The number of amides is 2. The molecule has 3 atom stereocenters. The first-order valence-corrected chi connectivity index (χ1v) is 11.6. The van der Waals surface area contributed by atoms with Gasteiger partial charge in [-0.25, -0.2) is 13.2 Å². The predicted octanol–water partition coefficient (Wildman–Crippen LogP) is 3.58. The zero-order chi connectivity index (χ0) is 25.5. The van der Waals surface area contributed by atoms with Crippen molar-refractivity contribution in [2.45, 2.75) is 64.2 Å². The van der Waals surface area contributed by atoms with Gasteiger partial charge in [-0.1, -0.05) is 18.6 Å². The summed E-state index contributed by atoms with van der Waals surface area (Å²) in [6, 6.07) is 8.45. The molecule has 1 fully saturated rings. The molecule has 1 heterocycles. The number of piperidine rings is 1. The summed E-state index contributed by atoms with van der Waals surface area (Å²) >= 11 is 0. The molecule has 1 aliphatic heterocycles. The molecule has 2 amide bonds. The van der Waals surface area contributed by atoms with Crippen molar-refractivity contribution in [3.63, 3.8) is 0 Å². The highest BCUT2D eigenvalue weighted by Gasteiger charge is 2.28. The van der Waals surface area contributed by atoms with Crippen LogP contribution in [0.15, 0.2) is 36.4 Å². The number of nitrogens with zero attached hydrogens (tertiary/aromatic N) is 2. The highest BCUT2D eigenvalue weighted by atomic mass is 19.2. The van der Waals surface area contributed by atoms with Crippen LogP contribution in [0.3, 0.4) is 0 Å². The Labute approximate surface area is 203 Å². The minimum Gasteiger partial charge on any atom is -0.350 e. The van der Waals surface area contributed by atoms with Crippen LogP contribution >= 0.6 is 0 Å². The maximum absolute atomic E-state index is 13.9. The van der Waals surface area contributed by atoms with Crippen molar-refractivity contribution in [1.29, 1.82) is 5.26 Å². The van der Waals surface area contributed by atoms with Crippen molar-refractivity contribution >= 4 is 11.8 Å². The van der Waals surface area contributed by atoms with Gasteiger partial charge in [0.15, 0.2) is 11.6 Å². The smallest absolute Gasteiger partial charge is 0.243 e. The molecule has 3 unspecified atom stereocenters. The van der Waals surface area contributed by atoms with Crippen LogP contribution in [0, 0.1) is 28.8 Å². The van der Waals surface area contributed by atoms with E-state index in [1.165, 1.54) is 18.2 Å². The molecule has 0 spiro atoms. The first-order chi connectivity index (χ1) is 16.7. The molecular weight excluding hydrogens is 457 g/mol. The molecule has 0 aromatic heterocycles.